The maximum Gasteiger partial charge on any atom is 0.309 e. The number of carbonyl (C=O) groups excluding carboxylic acids is 4. The number of ether oxygens (including phenoxy) is 1. The third-order valence-electron chi connectivity index (χ3n) is 6.37. The lowest BCUT2D eigenvalue weighted by atomic mass is 9.96. The van der Waals surface area contributed by atoms with E-state index in [1.54, 1.807) is 16.9 Å². The van der Waals surface area contributed by atoms with E-state index in [0.717, 1.165) is 16.9 Å². The lowest BCUT2D eigenvalue weighted by Gasteiger charge is -2.29. The van der Waals surface area contributed by atoms with Crippen LogP contribution in [0, 0.1) is 12.8 Å². The number of benzene rings is 1. The van der Waals surface area contributed by atoms with Crippen LogP contribution in [-0.4, -0.2) is 70.6 Å². The smallest absolute Gasteiger partial charge is 0.309 e. The van der Waals surface area contributed by atoms with Crippen LogP contribution in [-0.2, 0) is 30.3 Å². The molecule has 0 aromatic heterocycles. The van der Waals surface area contributed by atoms with E-state index in [4.69, 9.17) is 4.74 Å². The summed E-state index contributed by atoms with van der Waals surface area (Å²) in [7, 11) is 3.03. The monoisotopic (exact) mass is 563 g/mol. The molecule has 9 nitrogen and oxygen atoms in total. The predicted octanol–water partition coefficient (Wildman–Crippen LogP) is 2.06. The van der Waals surface area contributed by atoms with Gasteiger partial charge >= 0.3 is 5.97 Å². The highest BCUT2D eigenvalue weighted by molar-refractivity contribution is 8.76. The SMILES string of the molecule is Cc1ccc(C[C@H]2NC(=O)C[C@H]3/C=C/CCSSC[C@H](NC2=O)C(=O)N[C@H](C(C)C)[C@@H](O)CC(=O)O3)cc1. The molecule has 2 heterocycles. The molecule has 1 saturated heterocycles. The fourth-order valence-corrected chi connectivity index (χ4v) is 6.39. The molecule has 0 unspecified atom stereocenters. The third kappa shape index (κ3) is 9.36. The van der Waals surface area contributed by atoms with Gasteiger partial charge in [0.2, 0.25) is 17.7 Å². The van der Waals surface area contributed by atoms with E-state index in [0.29, 0.717) is 12.2 Å². The van der Waals surface area contributed by atoms with Crippen molar-refractivity contribution in [1.29, 1.82) is 0 Å². The number of rotatable bonds is 3. The van der Waals surface area contributed by atoms with Crippen molar-refractivity contribution in [1.82, 2.24) is 16.0 Å². The van der Waals surface area contributed by atoms with Gasteiger partial charge in [0, 0.05) is 17.9 Å². The molecule has 11 heteroatoms. The van der Waals surface area contributed by atoms with Gasteiger partial charge in [-0.25, -0.2) is 0 Å². The van der Waals surface area contributed by atoms with E-state index in [2.05, 4.69) is 16.0 Å². The van der Waals surface area contributed by atoms with Gasteiger partial charge in [-0.15, -0.1) is 0 Å². The molecule has 0 spiro atoms. The van der Waals surface area contributed by atoms with Crippen LogP contribution in [0.4, 0.5) is 0 Å². The van der Waals surface area contributed by atoms with Gasteiger partial charge in [0.15, 0.2) is 0 Å². The first-order valence-corrected chi connectivity index (χ1v) is 15.4. The second kappa shape index (κ2) is 14.6. The summed E-state index contributed by atoms with van der Waals surface area (Å²) >= 11 is 0. The minimum Gasteiger partial charge on any atom is -0.457 e. The molecule has 38 heavy (non-hydrogen) atoms. The first-order valence-electron chi connectivity index (χ1n) is 12.9. The van der Waals surface area contributed by atoms with Gasteiger partial charge in [-0.2, -0.15) is 0 Å². The Hall–Kier alpha value is -2.50. The van der Waals surface area contributed by atoms with Crippen molar-refractivity contribution >= 4 is 45.3 Å². The third-order valence-corrected chi connectivity index (χ3v) is 8.82. The highest BCUT2D eigenvalue weighted by atomic mass is 33.1. The summed E-state index contributed by atoms with van der Waals surface area (Å²) in [5.41, 5.74) is 1.92. The van der Waals surface area contributed by atoms with Crippen molar-refractivity contribution in [3.8, 4) is 0 Å². The summed E-state index contributed by atoms with van der Waals surface area (Å²) < 4.78 is 5.56. The van der Waals surface area contributed by atoms with Gasteiger partial charge in [0.1, 0.15) is 18.2 Å². The van der Waals surface area contributed by atoms with Crippen LogP contribution in [0.25, 0.3) is 0 Å². The Morgan fingerprint density at radius 3 is 2.45 bits per heavy atom. The molecule has 3 amide bonds. The van der Waals surface area contributed by atoms with Gasteiger partial charge in [0.05, 0.1) is 25.0 Å². The molecule has 2 aliphatic rings. The average Bonchev–Trinajstić information content (AvgIpc) is 2.85. The largest absolute Gasteiger partial charge is 0.457 e. The Morgan fingerprint density at radius 1 is 1.00 bits per heavy atom. The number of aliphatic hydroxyl groups is 1. The number of aliphatic hydroxyl groups excluding tert-OH is 1. The van der Waals surface area contributed by atoms with Crippen molar-refractivity contribution in [3.63, 3.8) is 0 Å². The normalized spacial score (nSPS) is 29.1. The van der Waals surface area contributed by atoms with Crippen LogP contribution in [0.1, 0.15) is 44.2 Å². The maximum absolute atomic E-state index is 13.5. The van der Waals surface area contributed by atoms with Crippen LogP contribution in [0.2, 0.25) is 0 Å². The van der Waals surface area contributed by atoms with Gasteiger partial charge in [0.25, 0.3) is 0 Å². The summed E-state index contributed by atoms with van der Waals surface area (Å²) in [6.45, 7) is 5.62. The Balaban J connectivity index is 1.99. The quantitative estimate of drug-likeness (QED) is 0.250. The molecule has 2 bridgehead atoms. The van der Waals surface area contributed by atoms with Gasteiger partial charge in [-0.1, -0.05) is 71.3 Å². The standard InChI is InChI=1S/C27H37N3O6S2/c1-16(2)25-22(31)14-24(33)36-19-6-4-5-11-37-38-15-21(27(35)30-25)29-26(34)20(28-23(32)13-19)12-18-9-7-17(3)8-10-18/h4,6-10,16,19-22,25,31H,5,11-15H2,1-3H3,(H,28,32)(H,29,34)(H,30,35)/b6-4+/t19-,20-,21+,22+,25-/m1/s1. The van der Waals surface area contributed by atoms with Gasteiger partial charge in [-0.3, -0.25) is 19.2 Å². The van der Waals surface area contributed by atoms with E-state index in [1.807, 2.05) is 51.1 Å². The molecule has 3 rings (SSSR count). The maximum atomic E-state index is 13.5. The molecule has 2 aliphatic heterocycles. The first kappa shape index (κ1) is 30.0. The molecule has 1 fully saturated rings. The van der Waals surface area contributed by atoms with E-state index in [9.17, 15) is 24.3 Å². The minimum absolute atomic E-state index is 0.174. The second-order valence-corrected chi connectivity index (χ2v) is 12.6. The highest BCUT2D eigenvalue weighted by Gasteiger charge is 2.33. The summed E-state index contributed by atoms with van der Waals surface area (Å²) in [6, 6.07) is 5.06. The number of hydrogen-bond acceptors (Lipinski definition) is 8. The van der Waals surface area contributed by atoms with Crippen molar-refractivity contribution in [2.45, 2.75) is 76.8 Å². The molecule has 0 radical (unpaired) electrons. The van der Waals surface area contributed by atoms with Crippen LogP contribution < -0.4 is 16.0 Å². The van der Waals surface area contributed by atoms with Crippen molar-refractivity contribution < 1.29 is 29.0 Å². The number of allylic oxidation sites excluding steroid dienone is 1. The predicted molar refractivity (Wildman–Crippen MR) is 149 cm³/mol. The minimum atomic E-state index is -1.20. The number of fused-ring (bicyclic) bond motifs is 7. The number of amides is 3. The summed E-state index contributed by atoms with van der Waals surface area (Å²) in [4.78, 5) is 52.6. The Labute approximate surface area is 231 Å². The Bertz CT molecular complexity index is 1020. The van der Waals surface area contributed by atoms with Crippen LogP contribution >= 0.6 is 21.6 Å². The van der Waals surface area contributed by atoms with E-state index < -0.39 is 54.0 Å². The molecule has 0 aliphatic carbocycles. The molecular weight excluding hydrogens is 526 g/mol. The zero-order valence-corrected chi connectivity index (χ0v) is 23.6. The summed E-state index contributed by atoms with van der Waals surface area (Å²) in [5.74, 6) is -1.24. The fourth-order valence-electron chi connectivity index (χ4n) is 4.24. The Morgan fingerprint density at radius 2 is 1.74 bits per heavy atom. The number of carbonyl (C=O) groups is 4. The van der Waals surface area contributed by atoms with Gasteiger partial charge in [-0.05, 0) is 30.9 Å². The van der Waals surface area contributed by atoms with E-state index >= 15 is 0 Å². The van der Waals surface area contributed by atoms with E-state index in [-0.39, 0.29) is 25.2 Å². The number of aryl methyl sites for hydroxylation is 1. The highest BCUT2D eigenvalue weighted by Crippen LogP contribution is 2.24. The van der Waals surface area contributed by atoms with Crippen LogP contribution in [0.5, 0.6) is 0 Å². The van der Waals surface area contributed by atoms with Gasteiger partial charge < -0.3 is 25.8 Å². The zero-order valence-electron chi connectivity index (χ0n) is 22.0. The molecule has 1 aromatic rings. The molecule has 208 valence electrons. The van der Waals surface area contributed by atoms with Crippen molar-refractivity contribution in [2.24, 2.45) is 5.92 Å². The lowest BCUT2D eigenvalue weighted by Crippen LogP contribution is -2.58. The van der Waals surface area contributed by atoms with Crippen LogP contribution in [0.15, 0.2) is 36.4 Å². The molecule has 4 N–H and O–H groups in total. The molecule has 5 atom stereocenters. The average molecular weight is 564 g/mol. The number of hydrogen-bond donors (Lipinski definition) is 4. The molecular formula is C27H37N3O6S2. The summed E-state index contributed by atoms with van der Waals surface area (Å²) in [6.07, 6.45) is 1.86. The number of nitrogens with one attached hydrogen (secondary N) is 3. The fraction of sp³-hybridized carbons (Fsp3) is 0.556. The van der Waals surface area contributed by atoms with Crippen molar-refractivity contribution in [3.05, 3.63) is 47.5 Å². The van der Waals surface area contributed by atoms with E-state index in [1.165, 1.54) is 10.8 Å². The molecule has 0 saturated carbocycles. The van der Waals surface area contributed by atoms with Crippen LogP contribution in [0.3, 0.4) is 0 Å². The second-order valence-electron chi connectivity index (χ2n) is 9.98. The molecule has 1 aromatic carbocycles. The zero-order chi connectivity index (χ0) is 27.7. The Kier molecular flexibility index (Phi) is 11.5. The first-order chi connectivity index (χ1) is 18.1. The van der Waals surface area contributed by atoms with Crippen molar-refractivity contribution in [2.75, 3.05) is 11.5 Å². The lowest BCUT2D eigenvalue weighted by molar-refractivity contribution is -0.151. The summed E-state index contributed by atoms with van der Waals surface area (Å²) in [5, 5.41) is 19.3. The topological polar surface area (TPSA) is 134 Å². The number of esters is 1.